The van der Waals surface area contributed by atoms with Gasteiger partial charge in [-0.1, -0.05) is 15.9 Å². The van der Waals surface area contributed by atoms with E-state index >= 15 is 0 Å². The van der Waals surface area contributed by atoms with Gasteiger partial charge in [0.1, 0.15) is 5.75 Å². The summed E-state index contributed by atoms with van der Waals surface area (Å²) in [5.41, 5.74) is -0.0667. The molecule has 0 spiro atoms. The summed E-state index contributed by atoms with van der Waals surface area (Å²) in [7, 11) is 0. The van der Waals surface area contributed by atoms with Crippen molar-refractivity contribution in [2.75, 3.05) is 0 Å². The number of nitrogens with zero attached hydrogens (tertiary/aromatic N) is 1. The number of hydrogen-bond donors (Lipinski definition) is 0. The standard InChI is InChI=1S/C12H7BrINO3/c13-8-1-6-12(11(7-8)15(16)17)18-10-4-2-9(14)3-5-10/h1-7H. The largest absolute Gasteiger partial charge is 0.450 e. The molecule has 0 amide bonds. The van der Waals surface area contributed by atoms with Gasteiger partial charge in [0.15, 0.2) is 0 Å². The maximum Gasteiger partial charge on any atom is 0.312 e. The van der Waals surface area contributed by atoms with E-state index in [-0.39, 0.29) is 11.4 Å². The van der Waals surface area contributed by atoms with E-state index in [1.54, 1.807) is 24.3 Å². The summed E-state index contributed by atoms with van der Waals surface area (Å²) in [6, 6.07) is 12.0. The third kappa shape index (κ3) is 3.20. The molecule has 0 aliphatic heterocycles. The van der Waals surface area contributed by atoms with Crippen molar-refractivity contribution in [2.24, 2.45) is 0 Å². The summed E-state index contributed by atoms with van der Waals surface area (Å²) in [5, 5.41) is 10.9. The van der Waals surface area contributed by atoms with Crippen LogP contribution in [-0.4, -0.2) is 4.92 Å². The van der Waals surface area contributed by atoms with Crippen LogP contribution in [0.4, 0.5) is 5.69 Å². The number of ether oxygens (including phenoxy) is 1. The van der Waals surface area contributed by atoms with Crippen LogP contribution in [0.3, 0.4) is 0 Å². The third-order valence-corrected chi connectivity index (χ3v) is 3.37. The molecule has 0 aromatic heterocycles. The summed E-state index contributed by atoms with van der Waals surface area (Å²) in [6.07, 6.45) is 0. The average molecular weight is 420 g/mol. The number of benzene rings is 2. The van der Waals surface area contributed by atoms with E-state index in [2.05, 4.69) is 38.5 Å². The third-order valence-electron chi connectivity index (χ3n) is 2.16. The van der Waals surface area contributed by atoms with Crippen LogP contribution in [0.5, 0.6) is 11.5 Å². The van der Waals surface area contributed by atoms with E-state index in [4.69, 9.17) is 4.74 Å². The van der Waals surface area contributed by atoms with E-state index in [0.717, 1.165) is 3.57 Å². The molecule has 2 aromatic rings. The Morgan fingerprint density at radius 3 is 2.44 bits per heavy atom. The molecule has 0 aliphatic carbocycles. The van der Waals surface area contributed by atoms with Gasteiger partial charge in [-0.05, 0) is 59.0 Å². The minimum absolute atomic E-state index is 0.0667. The molecule has 0 atom stereocenters. The molecule has 0 unspecified atom stereocenters. The predicted octanol–water partition coefficient (Wildman–Crippen LogP) is 4.75. The lowest BCUT2D eigenvalue weighted by Crippen LogP contribution is -1.93. The molecule has 0 saturated carbocycles. The van der Waals surface area contributed by atoms with Crippen molar-refractivity contribution >= 4 is 44.2 Å². The van der Waals surface area contributed by atoms with Gasteiger partial charge < -0.3 is 4.74 Å². The molecule has 0 saturated heterocycles. The fourth-order valence-corrected chi connectivity index (χ4v) is 2.06. The van der Waals surface area contributed by atoms with Crippen LogP contribution < -0.4 is 4.74 Å². The topological polar surface area (TPSA) is 52.4 Å². The van der Waals surface area contributed by atoms with Crippen LogP contribution in [0.25, 0.3) is 0 Å². The summed E-state index contributed by atoms with van der Waals surface area (Å²) in [5.74, 6) is 0.797. The van der Waals surface area contributed by atoms with E-state index in [1.807, 2.05) is 12.1 Å². The van der Waals surface area contributed by atoms with Crippen LogP contribution >= 0.6 is 38.5 Å². The first-order valence-electron chi connectivity index (χ1n) is 4.93. The molecule has 18 heavy (non-hydrogen) atoms. The van der Waals surface area contributed by atoms with Gasteiger partial charge in [0.25, 0.3) is 0 Å². The van der Waals surface area contributed by atoms with Crippen molar-refractivity contribution in [1.29, 1.82) is 0 Å². The Morgan fingerprint density at radius 1 is 1.17 bits per heavy atom. The predicted molar refractivity (Wildman–Crippen MR) is 80.0 cm³/mol. The molecule has 2 rings (SSSR count). The first kappa shape index (κ1) is 13.3. The molecule has 0 N–H and O–H groups in total. The maximum absolute atomic E-state index is 10.9. The Labute approximate surface area is 125 Å². The Morgan fingerprint density at radius 2 is 1.83 bits per heavy atom. The minimum atomic E-state index is -0.465. The Bertz CT molecular complexity index is 586. The van der Waals surface area contributed by atoms with E-state index in [1.165, 1.54) is 6.07 Å². The zero-order valence-electron chi connectivity index (χ0n) is 8.97. The molecule has 0 radical (unpaired) electrons. The van der Waals surface area contributed by atoms with Crippen molar-refractivity contribution < 1.29 is 9.66 Å². The first-order valence-corrected chi connectivity index (χ1v) is 6.81. The van der Waals surface area contributed by atoms with E-state index < -0.39 is 4.92 Å². The second-order valence-electron chi connectivity index (χ2n) is 3.43. The lowest BCUT2D eigenvalue weighted by Gasteiger charge is -2.06. The molecule has 6 heteroatoms. The highest BCUT2D eigenvalue weighted by atomic mass is 127. The first-order chi connectivity index (χ1) is 8.56. The van der Waals surface area contributed by atoms with Gasteiger partial charge in [-0.15, -0.1) is 0 Å². The quantitative estimate of drug-likeness (QED) is 0.409. The molecule has 0 bridgehead atoms. The molecule has 0 heterocycles. The van der Waals surface area contributed by atoms with Crippen molar-refractivity contribution in [1.82, 2.24) is 0 Å². The molecule has 0 aliphatic rings. The summed E-state index contributed by atoms with van der Waals surface area (Å²) >= 11 is 5.38. The van der Waals surface area contributed by atoms with Gasteiger partial charge in [-0.2, -0.15) is 0 Å². The van der Waals surface area contributed by atoms with Gasteiger partial charge in [-0.25, -0.2) is 0 Å². The highest BCUT2D eigenvalue weighted by molar-refractivity contribution is 14.1. The number of nitro groups is 1. The summed E-state index contributed by atoms with van der Waals surface area (Å²) in [4.78, 5) is 10.5. The van der Waals surface area contributed by atoms with E-state index in [0.29, 0.717) is 10.2 Å². The zero-order valence-corrected chi connectivity index (χ0v) is 12.7. The van der Waals surface area contributed by atoms with Crippen molar-refractivity contribution in [3.8, 4) is 11.5 Å². The summed E-state index contributed by atoms with van der Waals surface area (Å²) in [6.45, 7) is 0. The second kappa shape index (κ2) is 5.66. The molecule has 4 nitrogen and oxygen atoms in total. The number of hydrogen-bond acceptors (Lipinski definition) is 3. The van der Waals surface area contributed by atoms with Crippen LogP contribution in [0.15, 0.2) is 46.9 Å². The monoisotopic (exact) mass is 419 g/mol. The van der Waals surface area contributed by atoms with Gasteiger partial charge in [-0.3, -0.25) is 10.1 Å². The normalized spacial score (nSPS) is 10.1. The van der Waals surface area contributed by atoms with Crippen LogP contribution in [0.1, 0.15) is 0 Å². The average Bonchev–Trinajstić information content (AvgIpc) is 2.34. The van der Waals surface area contributed by atoms with Crippen molar-refractivity contribution in [3.05, 3.63) is 60.6 Å². The number of halogens is 2. The number of rotatable bonds is 3. The van der Waals surface area contributed by atoms with Crippen LogP contribution in [0, 0.1) is 13.7 Å². The van der Waals surface area contributed by atoms with Gasteiger partial charge >= 0.3 is 5.69 Å². The number of nitro benzene ring substituents is 1. The Balaban J connectivity index is 2.34. The highest BCUT2D eigenvalue weighted by Gasteiger charge is 2.16. The Hall–Kier alpha value is -1.15. The fourth-order valence-electron chi connectivity index (χ4n) is 1.35. The lowest BCUT2D eigenvalue weighted by molar-refractivity contribution is -0.385. The molecular weight excluding hydrogens is 413 g/mol. The van der Waals surface area contributed by atoms with Gasteiger partial charge in [0.05, 0.1) is 4.92 Å². The molecule has 0 fully saturated rings. The highest BCUT2D eigenvalue weighted by Crippen LogP contribution is 2.33. The Kier molecular flexibility index (Phi) is 4.18. The molecule has 92 valence electrons. The van der Waals surface area contributed by atoms with Crippen molar-refractivity contribution in [3.63, 3.8) is 0 Å². The minimum Gasteiger partial charge on any atom is -0.450 e. The lowest BCUT2D eigenvalue weighted by atomic mass is 10.3. The molecular formula is C12H7BrINO3. The summed E-state index contributed by atoms with van der Waals surface area (Å²) < 4.78 is 7.23. The molecule has 2 aromatic carbocycles. The van der Waals surface area contributed by atoms with Gasteiger partial charge in [0, 0.05) is 14.1 Å². The van der Waals surface area contributed by atoms with Crippen molar-refractivity contribution in [2.45, 2.75) is 0 Å². The second-order valence-corrected chi connectivity index (χ2v) is 5.59. The smallest absolute Gasteiger partial charge is 0.312 e. The van der Waals surface area contributed by atoms with Crippen LogP contribution in [-0.2, 0) is 0 Å². The van der Waals surface area contributed by atoms with Crippen LogP contribution in [0.2, 0.25) is 0 Å². The zero-order chi connectivity index (χ0) is 13.1. The van der Waals surface area contributed by atoms with E-state index in [9.17, 15) is 10.1 Å². The fraction of sp³-hybridized carbons (Fsp3) is 0. The van der Waals surface area contributed by atoms with Gasteiger partial charge in [0.2, 0.25) is 5.75 Å². The SMILES string of the molecule is O=[N+]([O-])c1cc(Br)ccc1Oc1ccc(I)cc1. The maximum atomic E-state index is 10.9.